The van der Waals surface area contributed by atoms with E-state index in [9.17, 15) is 13.6 Å². The normalized spacial score (nSPS) is 14.4. The number of halogens is 2. The van der Waals surface area contributed by atoms with E-state index in [4.69, 9.17) is 4.74 Å². The maximum atomic E-state index is 14.8. The van der Waals surface area contributed by atoms with E-state index >= 15 is 0 Å². The number of aryl methyl sites for hydroxylation is 1. The van der Waals surface area contributed by atoms with Gasteiger partial charge in [-0.1, -0.05) is 0 Å². The molecule has 1 amide bonds. The molecule has 5 rings (SSSR count). The summed E-state index contributed by atoms with van der Waals surface area (Å²) < 4.78 is 37.5. The molecule has 0 atom stereocenters. The third-order valence-corrected chi connectivity index (χ3v) is 6.14. The number of pyridine rings is 2. The van der Waals surface area contributed by atoms with Gasteiger partial charge in [-0.2, -0.15) is 13.9 Å². The molecule has 0 bridgehead atoms. The Kier molecular flexibility index (Phi) is 5.95. The minimum atomic E-state index is -0.719. The lowest BCUT2D eigenvalue weighted by atomic mass is 10.0. The van der Waals surface area contributed by atoms with Crippen molar-refractivity contribution in [3.05, 3.63) is 59.9 Å². The molecule has 0 saturated carbocycles. The quantitative estimate of drug-likeness (QED) is 0.460. The molecule has 0 aromatic carbocycles. The molecule has 1 N–H and O–H groups in total. The predicted octanol–water partition coefficient (Wildman–Crippen LogP) is 4.02. The zero-order valence-corrected chi connectivity index (χ0v) is 20.5. The SMILES string of the molecule is Cc1cnc(NC(=O)c2cnn(C(C)(C)C)c2F)cc1-c1cc(N2CCOCC2)c2ncc(F)n2c1. The van der Waals surface area contributed by atoms with Crippen LogP contribution in [0.4, 0.5) is 20.3 Å². The number of nitrogens with one attached hydrogen (secondary N) is 1. The number of fused-ring (bicyclic) bond motifs is 1. The number of amides is 1. The Hall–Kier alpha value is -3.86. The van der Waals surface area contributed by atoms with Crippen molar-refractivity contribution >= 4 is 23.1 Å². The van der Waals surface area contributed by atoms with Crippen LogP contribution in [-0.2, 0) is 10.3 Å². The first-order valence-electron chi connectivity index (χ1n) is 11.6. The molecule has 1 aliphatic rings. The second-order valence-electron chi connectivity index (χ2n) is 9.76. The fourth-order valence-corrected chi connectivity index (χ4v) is 4.27. The smallest absolute Gasteiger partial charge is 0.263 e. The van der Waals surface area contributed by atoms with Gasteiger partial charge in [-0.3, -0.25) is 9.20 Å². The summed E-state index contributed by atoms with van der Waals surface area (Å²) in [4.78, 5) is 23.5. The number of nitrogens with zero attached hydrogens (tertiary/aromatic N) is 6. The Morgan fingerprint density at radius 1 is 1.08 bits per heavy atom. The number of imidazole rings is 1. The molecule has 5 heterocycles. The van der Waals surface area contributed by atoms with Crippen molar-refractivity contribution in [3.63, 3.8) is 0 Å². The minimum Gasteiger partial charge on any atom is -0.378 e. The second kappa shape index (κ2) is 8.98. The topological polar surface area (TPSA) is 89.6 Å². The Morgan fingerprint density at radius 3 is 2.53 bits per heavy atom. The molecule has 4 aromatic heterocycles. The van der Waals surface area contributed by atoms with E-state index < -0.39 is 23.3 Å². The zero-order chi connectivity index (χ0) is 25.6. The molecule has 0 radical (unpaired) electrons. The highest BCUT2D eigenvalue weighted by Gasteiger charge is 2.25. The largest absolute Gasteiger partial charge is 0.378 e. The van der Waals surface area contributed by atoms with Gasteiger partial charge >= 0.3 is 0 Å². The van der Waals surface area contributed by atoms with Crippen LogP contribution >= 0.6 is 0 Å². The number of rotatable bonds is 4. The van der Waals surface area contributed by atoms with E-state index in [0.717, 1.165) is 27.1 Å². The number of carbonyl (C=O) groups excluding carboxylic acids is 1. The number of hydrogen-bond acceptors (Lipinski definition) is 6. The summed E-state index contributed by atoms with van der Waals surface area (Å²) in [6.07, 6.45) is 5.68. The van der Waals surface area contributed by atoms with Crippen LogP contribution in [0.3, 0.4) is 0 Å². The van der Waals surface area contributed by atoms with Crippen molar-refractivity contribution in [2.75, 3.05) is 36.5 Å². The van der Waals surface area contributed by atoms with Crippen LogP contribution in [0.25, 0.3) is 16.8 Å². The Balaban J connectivity index is 1.51. The highest BCUT2D eigenvalue weighted by Crippen LogP contribution is 2.32. The van der Waals surface area contributed by atoms with Gasteiger partial charge in [0.2, 0.25) is 11.9 Å². The molecular weight excluding hydrogens is 468 g/mol. The van der Waals surface area contributed by atoms with Gasteiger partial charge in [0.05, 0.1) is 36.8 Å². The fourth-order valence-electron chi connectivity index (χ4n) is 4.27. The lowest BCUT2D eigenvalue weighted by molar-refractivity contribution is 0.102. The number of hydrogen-bond donors (Lipinski definition) is 1. The van der Waals surface area contributed by atoms with Gasteiger partial charge in [0.15, 0.2) is 5.65 Å². The van der Waals surface area contributed by atoms with Gasteiger partial charge in [-0.05, 0) is 51.0 Å². The lowest BCUT2D eigenvalue weighted by Gasteiger charge is -2.29. The van der Waals surface area contributed by atoms with Crippen LogP contribution in [0, 0.1) is 18.8 Å². The van der Waals surface area contributed by atoms with E-state index in [0.29, 0.717) is 32.0 Å². The number of aromatic nitrogens is 5. The summed E-state index contributed by atoms with van der Waals surface area (Å²) >= 11 is 0. The van der Waals surface area contributed by atoms with Crippen molar-refractivity contribution in [1.29, 1.82) is 0 Å². The van der Waals surface area contributed by atoms with Crippen molar-refractivity contribution in [2.45, 2.75) is 33.2 Å². The standard InChI is InChI=1S/C25H27F2N7O2/c1-15-11-28-21(31-24(35)18-12-30-34(22(18)27)25(2,3)4)10-17(15)16-9-19(32-5-7-36-8-6-32)23-29-13-20(26)33(23)14-16/h9-14H,5-8H2,1-4H3,(H,28,31,35). The van der Waals surface area contributed by atoms with Crippen molar-refractivity contribution < 1.29 is 18.3 Å². The zero-order valence-electron chi connectivity index (χ0n) is 20.5. The molecule has 36 heavy (non-hydrogen) atoms. The maximum absolute atomic E-state index is 14.8. The summed E-state index contributed by atoms with van der Waals surface area (Å²) in [5.74, 6) is -1.62. The summed E-state index contributed by atoms with van der Waals surface area (Å²) in [6.45, 7) is 9.75. The molecule has 1 fully saturated rings. The van der Waals surface area contributed by atoms with E-state index in [1.807, 2.05) is 13.0 Å². The van der Waals surface area contributed by atoms with Crippen molar-refractivity contribution in [2.24, 2.45) is 0 Å². The Morgan fingerprint density at radius 2 is 1.83 bits per heavy atom. The highest BCUT2D eigenvalue weighted by atomic mass is 19.1. The average molecular weight is 496 g/mol. The third kappa shape index (κ3) is 4.30. The molecule has 4 aromatic rings. The monoisotopic (exact) mass is 495 g/mol. The van der Waals surface area contributed by atoms with E-state index in [2.05, 4.69) is 25.3 Å². The van der Waals surface area contributed by atoms with Gasteiger partial charge in [-0.15, -0.1) is 0 Å². The van der Waals surface area contributed by atoms with E-state index in [1.165, 1.54) is 16.8 Å². The van der Waals surface area contributed by atoms with Crippen LogP contribution in [0.2, 0.25) is 0 Å². The molecule has 11 heteroatoms. The number of anilines is 2. The van der Waals surface area contributed by atoms with Gasteiger partial charge in [0.25, 0.3) is 5.91 Å². The average Bonchev–Trinajstić information content (AvgIpc) is 3.43. The van der Waals surface area contributed by atoms with Crippen LogP contribution in [0.15, 0.2) is 36.9 Å². The molecule has 1 aliphatic heterocycles. The molecule has 188 valence electrons. The summed E-state index contributed by atoms with van der Waals surface area (Å²) in [6, 6.07) is 3.65. The van der Waals surface area contributed by atoms with Crippen LogP contribution in [-0.4, -0.2) is 56.4 Å². The fraction of sp³-hybridized carbons (Fsp3) is 0.360. The number of ether oxygens (including phenoxy) is 1. The molecule has 0 aliphatic carbocycles. The van der Waals surface area contributed by atoms with E-state index in [1.54, 1.807) is 39.2 Å². The summed E-state index contributed by atoms with van der Waals surface area (Å²) in [5.41, 5.74) is 2.82. The van der Waals surface area contributed by atoms with Crippen molar-refractivity contribution in [1.82, 2.24) is 24.1 Å². The Bertz CT molecular complexity index is 1450. The molecule has 0 unspecified atom stereocenters. The lowest BCUT2D eigenvalue weighted by Crippen LogP contribution is -2.36. The van der Waals surface area contributed by atoms with Crippen LogP contribution < -0.4 is 10.2 Å². The first-order valence-corrected chi connectivity index (χ1v) is 11.6. The van der Waals surface area contributed by atoms with Gasteiger partial charge in [0, 0.05) is 31.0 Å². The van der Waals surface area contributed by atoms with Crippen LogP contribution in [0.1, 0.15) is 36.7 Å². The first-order chi connectivity index (χ1) is 17.1. The predicted molar refractivity (Wildman–Crippen MR) is 131 cm³/mol. The van der Waals surface area contributed by atoms with Crippen molar-refractivity contribution in [3.8, 4) is 11.1 Å². The third-order valence-electron chi connectivity index (χ3n) is 6.14. The second-order valence-corrected chi connectivity index (χ2v) is 9.76. The van der Waals surface area contributed by atoms with Gasteiger partial charge in [-0.25, -0.2) is 14.6 Å². The minimum absolute atomic E-state index is 0.176. The molecule has 9 nitrogen and oxygen atoms in total. The highest BCUT2D eigenvalue weighted by molar-refractivity contribution is 6.04. The Labute approximate surface area is 206 Å². The summed E-state index contributed by atoms with van der Waals surface area (Å²) in [7, 11) is 0. The molecule has 1 saturated heterocycles. The first kappa shape index (κ1) is 23.9. The molecule has 0 spiro atoms. The molecular formula is C25H27F2N7O2. The summed E-state index contributed by atoms with van der Waals surface area (Å²) in [5, 5.41) is 6.68. The maximum Gasteiger partial charge on any atom is 0.263 e. The number of morpholine rings is 1. The van der Waals surface area contributed by atoms with Gasteiger partial charge < -0.3 is 15.0 Å². The van der Waals surface area contributed by atoms with Gasteiger partial charge in [0.1, 0.15) is 11.4 Å². The van der Waals surface area contributed by atoms with E-state index in [-0.39, 0.29) is 11.4 Å². The van der Waals surface area contributed by atoms with Crippen LogP contribution in [0.5, 0.6) is 0 Å². The number of carbonyl (C=O) groups is 1.